The van der Waals surface area contributed by atoms with Gasteiger partial charge in [-0.2, -0.15) is 0 Å². The van der Waals surface area contributed by atoms with E-state index in [1.54, 1.807) is 44.1 Å². The van der Waals surface area contributed by atoms with E-state index >= 15 is 0 Å². The Labute approximate surface area is 769 Å². The first kappa shape index (κ1) is 111. The van der Waals surface area contributed by atoms with Gasteiger partial charge in [0.15, 0.2) is 18.2 Å². The van der Waals surface area contributed by atoms with Crippen LogP contribution in [-0.2, 0) is 71.9 Å². The molecule has 5 heterocycles. The highest BCUT2D eigenvalue weighted by molar-refractivity contribution is 5.93. The van der Waals surface area contributed by atoms with Gasteiger partial charge in [0, 0.05) is 78.3 Å². The number of aliphatic hydroxyl groups excluding tert-OH is 1. The number of aromatic nitrogens is 2. The number of aliphatic hydroxyl groups is 1. The molecule has 3 amide bonds. The highest BCUT2D eigenvalue weighted by Gasteiger charge is 2.27. The molecule has 21 heteroatoms. The standard InChI is InChI=1S/C17H25NO2.C16H23NO3.C14H19NO2.C13H19FO2.C12H19NO2.C12H19NO.C12H18O2.C11H16O/c1-17(2,3)14-7-4-8-15(13-14)20-12-6-11-18-10-5-9-16(18)19;1-16(2,3)13-5-4-6-14(11-13)20-12-15(18)17-7-9-19-10-8-17;1-10(16)15-7-8-17-13-6-5-11(9-12(13)15)14(2,3)4;1-13(2,3)10-5-6-12(11(14)9-10)16-8-7-15-4;1-12(2,3)10-5-6-11(13-9-10)15-8-7-14-4;1-9(2)14-11-7-6-10(8-13-11)12(3,4)5;1-12(2,3)10-5-4-6-11(9-10)14-8-7-13;1-11(2,3)9-6-5-7-10(8-9)12-4/h4,7-8,13H,5-6,9-12H2,1-3H3;4-6,11H,7-10,12H2,1-3H3;5-6,9H,7-8H2,1-4H3;5-6,9H,7-8H2,1-4H3;5-6,9H,7-8H2,1-4H3;6-9H,1-5H3;4-6,9,13H,7-8H2,1-3H3;5-8H,1-4H3. The fraction of sp³-hybridized carbons (Fsp3) is 0.542. The molecule has 0 aliphatic carbocycles. The van der Waals surface area contributed by atoms with Gasteiger partial charge in [0.25, 0.3) is 5.91 Å². The SMILES string of the molecule is CC(=O)N1CCOc2ccc(C(C)(C)C)cc21.CC(C)(C)c1cccc(OCC(=O)N2CCOCC2)c1.CC(C)(C)c1cccc(OCCCN2CCCC2=O)c1.CC(C)(C)c1cccc(OCCO)c1.CC(C)Oc1ccc(C(C)(C)C)cn1.COCCOc1ccc(C(C)(C)C)cc1F.COCCOc1ccc(C(C)(C)C)cn1.COc1cccc(C(C)(C)C)c1. The minimum Gasteiger partial charge on any atom is -0.497 e. The number of morpholine rings is 1. The Morgan fingerprint density at radius 2 is 0.875 bits per heavy atom. The van der Waals surface area contributed by atoms with Crippen LogP contribution in [0.1, 0.15) is 251 Å². The average Bonchev–Trinajstić information content (AvgIpc) is 0.876. The number of hydrogen-bond acceptors (Lipinski definition) is 17. The largest absolute Gasteiger partial charge is 0.497 e. The Morgan fingerprint density at radius 1 is 0.453 bits per heavy atom. The summed E-state index contributed by atoms with van der Waals surface area (Å²) in [5, 5.41) is 8.63. The summed E-state index contributed by atoms with van der Waals surface area (Å²) >= 11 is 0. The molecule has 0 radical (unpaired) electrons. The Morgan fingerprint density at radius 3 is 1.29 bits per heavy atom. The van der Waals surface area contributed by atoms with E-state index < -0.39 is 0 Å². The Balaban J connectivity index is 0.000000308. The third-order valence-corrected chi connectivity index (χ3v) is 20.6. The van der Waals surface area contributed by atoms with Crippen molar-refractivity contribution in [1.82, 2.24) is 19.8 Å². The van der Waals surface area contributed by atoms with Crippen molar-refractivity contribution in [3.05, 3.63) is 220 Å². The zero-order valence-corrected chi connectivity index (χ0v) is 83.5. The van der Waals surface area contributed by atoms with Crippen molar-refractivity contribution in [3.8, 4) is 46.3 Å². The van der Waals surface area contributed by atoms with Gasteiger partial charge in [0.1, 0.15) is 55.2 Å². The zero-order valence-electron chi connectivity index (χ0n) is 83.5. The highest BCUT2D eigenvalue weighted by atomic mass is 19.1. The molecule has 3 aliphatic rings. The number of anilines is 1. The summed E-state index contributed by atoms with van der Waals surface area (Å²) in [4.78, 5) is 49.1. The van der Waals surface area contributed by atoms with Gasteiger partial charge in [-0.3, -0.25) is 14.4 Å². The van der Waals surface area contributed by atoms with Crippen molar-refractivity contribution in [1.29, 1.82) is 0 Å². The molecule has 11 rings (SSSR count). The van der Waals surface area contributed by atoms with E-state index in [0.717, 1.165) is 65.9 Å². The maximum atomic E-state index is 13.6. The molecule has 6 aromatic carbocycles. The number of methoxy groups -OCH3 is 3. The van der Waals surface area contributed by atoms with Crippen molar-refractivity contribution < 1.29 is 76.0 Å². The molecular formula is C107H158FN5O15. The molecule has 2 fully saturated rings. The number of carbonyl (C=O) groups excluding carboxylic acids is 3. The fourth-order valence-electron chi connectivity index (χ4n) is 12.4. The van der Waals surface area contributed by atoms with Crippen LogP contribution >= 0.6 is 0 Å². The van der Waals surface area contributed by atoms with Crippen LogP contribution in [-0.4, -0.2) is 175 Å². The molecule has 2 saturated heterocycles. The van der Waals surface area contributed by atoms with Crippen molar-refractivity contribution in [2.75, 3.05) is 132 Å². The predicted octanol–water partition coefficient (Wildman–Crippen LogP) is 22.4. The first-order chi connectivity index (χ1) is 59.8. The first-order valence-corrected chi connectivity index (χ1v) is 45.1. The normalized spacial score (nSPS) is 13.4. The van der Waals surface area contributed by atoms with E-state index in [2.05, 4.69) is 216 Å². The van der Waals surface area contributed by atoms with Crippen LogP contribution in [0, 0.1) is 5.82 Å². The molecule has 0 saturated carbocycles. The lowest BCUT2D eigenvalue weighted by atomic mass is 9.86. The van der Waals surface area contributed by atoms with Gasteiger partial charge in [0.2, 0.25) is 23.6 Å². The third kappa shape index (κ3) is 41.7. The van der Waals surface area contributed by atoms with Gasteiger partial charge in [-0.25, -0.2) is 14.4 Å². The van der Waals surface area contributed by atoms with Gasteiger partial charge in [-0.15, -0.1) is 0 Å². The molecule has 0 unspecified atom stereocenters. The predicted molar refractivity (Wildman–Crippen MR) is 519 cm³/mol. The molecule has 2 aromatic heterocycles. The smallest absolute Gasteiger partial charge is 0.260 e. The van der Waals surface area contributed by atoms with Gasteiger partial charge in [-0.05, 0) is 187 Å². The molecular weight excluding hydrogens is 1610 g/mol. The number of hydrogen-bond donors (Lipinski definition) is 1. The second-order valence-electron chi connectivity index (χ2n) is 40.3. The molecule has 708 valence electrons. The lowest BCUT2D eigenvalue weighted by Crippen LogP contribution is -2.42. The van der Waals surface area contributed by atoms with Crippen LogP contribution in [0.5, 0.6) is 46.3 Å². The molecule has 20 nitrogen and oxygen atoms in total. The van der Waals surface area contributed by atoms with E-state index in [1.165, 1.54) is 45.0 Å². The molecule has 0 bridgehead atoms. The molecule has 8 aromatic rings. The number of fused-ring (bicyclic) bond motifs is 1. The van der Waals surface area contributed by atoms with Crippen molar-refractivity contribution in [2.24, 2.45) is 0 Å². The average molecular weight is 1770 g/mol. The monoisotopic (exact) mass is 1770 g/mol. The van der Waals surface area contributed by atoms with Crippen LogP contribution in [0.4, 0.5) is 10.1 Å². The number of benzene rings is 6. The Hall–Kier alpha value is -9.80. The van der Waals surface area contributed by atoms with Crippen molar-refractivity contribution in [2.45, 2.75) is 256 Å². The van der Waals surface area contributed by atoms with Gasteiger partial charge in [-0.1, -0.05) is 239 Å². The van der Waals surface area contributed by atoms with Crippen molar-refractivity contribution >= 4 is 23.4 Å². The maximum Gasteiger partial charge on any atom is 0.260 e. The van der Waals surface area contributed by atoms with E-state index in [9.17, 15) is 18.8 Å². The summed E-state index contributed by atoms with van der Waals surface area (Å²) in [6.07, 6.45) is 6.55. The number of rotatable bonds is 22. The summed E-state index contributed by atoms with van der Waals surface area (Å²) < 4.78 is 72.2. The van der Waals surface area contributed by atoms with E-state index in [-0.39, 0.29) is 86.0 Å². The second kappa shape index (κ2) is 52.8. The molecule has 0 spiro atoms. The third-order valence-electron chi connectivity index (χ3n) is 20.6. The number of carbonyl (C=O) groups is 3. The number of nitrogens with zero attached hydrogens (tertiary/aromatic N) is 5. The maximum absolute atomic E-state index is 13.6. The van der Waals surface area contributed by atoms with Crippen LogP contribution < -0.4 is 42.8 Å². The van der Waals surface area contributed by atoms with Crippen LogP contribution in [0.15, 0.2) is 170 Å². The first-order valence-electron chi connectivity index (χ1n) is 45.1. The summed E-state index contributed by atoms with van der Waals surface area (Å²) in [6, 6.07) is 51.6. The van der Waals surface area contributed by atoms with Crippen LogP contribution in [0.25, 0.3) is 0 Å². The molecule has 1 N–H and O–H groups in total. The van der Waals surface area contributed by atoms with Crippen LogP contribution in [0.2, 0.25) is 0 Å². The Bertz CT molecular complexity index is 4550. The minimum atomic E-state index is -0.316. The van der Waals surface area contributed by atoms with Crippen LogP contribution in [0.3, 0.4) is 0 Å². The number of ether oxygens (including phenoxy) is 11. The fourth-order valence-corrected chi connectivity index (χ4v) is 12.4. The number of amides is 3. The van der Waals surface area contributed by atoms with E-state index in [4.69, 9.17) is 57.2 Å². The van der Waals surface area contributed by atoms with Gasteiger partial charge < -0.3 is 71.9 Å². The molecule has 3 aliphatic heterocycles. The van der Waals surface area contributed by atoms with Gasteiger partial charge in [0.05, 0.1) is 65.1 Å². The van der Waals surface area contributed by atoms with E-state index in [1.807, 2.05) is 137 Å². The highest BCUT2D eigenvalue weighted by Crippen LogP contribution is 2.37. The molecule has 0 atom stereocenters. The lowest BCUT2D eigenvalue weighted by Gasteiger charge is -2.30. The number of pyridine rings is 2. The van der Waals surface area contributed by atoms with Gasteiger partial charge >= 0.3 is 0 Å². The summed E-state index contributed by atoms with van der Waals surface area (Å²) in [7, 11) is 4.93. The summed E-state index contributed by atoms with van der Waals surface area (Å²) in [5.41, 5.74) is 11.4. The quantitative estimate of drug-likeness (QED) is 0.0626. The summed E-state index contributed by atoms with van der Waals surface area (Å²) in [5.74, 6) is 5.94. The zero-order chi connectivity index (χ0) is 95.9. The van der Waals surface area contributed by atoms with E-state index in [0.29, 0.717) is 103 Å². The lowest BCUT2D eigenvalue weighted by molar-refractivity contribution is -0.137. The van der Waals surface area contributed by atoms with Crippen molar-refractivity contribution in [3.63, 3.8) is 0 Å². The topological polar surface area (TPSA) is 208 Å². The Kier molecular flexibility index (Phi) is 45.6. The minimum absolute atomic E-state index is 0.0226. The molecule has 128 heavy (non-hydrogen) atoms. The number of halogens is 1. The second-order valence-corrected chi connectivity index (χ2v) is 40.3. The summed E-state index contributed by atoms with van der Waals surface area (Å²) in [6.45, 7) is 66.0. The number of likely N-dealkylation sites (tertiary alicyclic amines) is 1.